The normalized spacial score (nSPS) is 17.0. The summed E-state index contributed by atoms with van der Waals surface area (Å²) in [7, 11) is 0. The van der Waals surface area contributed by atoms with Crippen LogP contribution in [-0.2, 0) is 4.74 Å². The molecule has 1 aliphatic heterocycles. The highest BCUT2D eigenvalue weighted by Crippen LogP contribution is 2.31. The van der Waals surface area contributed by atoms with Crippen molar-refractivity contribution >= 4 is 23.2 Å². The molecule has 2 rings (SSSR count). The molecule has 0 saturated carbocycles. The van der Waals surface area contributed by atoms with Gasteiger partial charge in [0.15, 0.2) is 5.78 Å². The van der Waals surface area contributed by atoms with E-state index in [2.05, 4.69) is 0 Å². The fraction of sp³-hybridized carbons (Fsp3) is 0.462. The van der Waals surface area contributed by atoms with Gasteiger partial charge < -0.3 is 10.5 Å². The van der Waals surface area contributed by atoms with E-state index >= 15 is 0 Å². The van der Waals surface area contributed by atoms with Gasteiger partial charge in [-0.05, 0) is 38.0 Å². The first-order chi connectivity index (χ1) is 8.16. The molecule has 0 atom stereocenters. The number of ketones is 1. The van der Waals surface area contributed by atoms with E-state index in [0.29, 0.717) is 16.5 Å². The fourth-order valence-corrected chi connectivity index (χ4v) is 3.08. The van der Waals surface area contributed by atoms with Gasteiger partial charge in [0.05, 0.1) is 0 Å². The number of benzene rings is 1. The quantitative estimate of drug-likeness (QED) is 0.663. The number of nitrogens with two attached hydrogens (primary N) is 1. The number of hydrogen-bond acceptors (Lipinski definition) is 4. The van der Waals surface area contributed by atoms with Crippen LogP contribution in [0.25, 0.3) is 0 Å². The molecule has 1 saturated heterocycles. The molecule has 1 aliphatic rings. The third-order valence-electron chi connectivity index (χ3n) is 2.87. The van der Waals surface area contributed by atoms with Crippen molar-refractivity contribution in [3.05, 3.63) is 23.8 Å². The van der Waals surface area contributed by atoms with Crippen LogP contribution in [0, 0.1) is 0 Å². The number of anilines is 1. The number of rotatable bonds is 3. The van der Waals surface area contributed by atoms with Crippen molar-refractivity contribution in [1.29, 1.82) is 0 Å². The maximum absolute atomic E-state index is 11.3. The molecule has 0 amide bonds. The molecule has 0 radical (unpaired) electrons. The highest BCUT2D eigenvalue weighted by molar-refractivity contribution is 8.00. The van der Waals surface area contributed by atoms with E-state index < -0.39 is 0 Å². The van der Waals surface area contributed by atoms with Crippen molar-refractivity contribution in [2.75, 3.05) is 18.9 Å². The van der Waals surface area contributed by atoms with Crippen LogP contribution < -0.4 is 5.73 Å². The number of nitrogen functional groups attached to an aromatic ring is 1. The van der Waals surface area contributed by atoms with Crippen molar-refractivity contribution in [1.82, 2.24) is 0 Å². The summed E-state index contributed by atoms with van der Waals surface area (Å²) < 4.78 is 5.33. The summed E-state index contributed by atoms with van der Waals surface area (Å²) in [4.78, 5) is 12.4. The van der Waals surface area contributed by atoms with Gasteiger partial charge in [0.2, 0.25) is 0 Å². The van der Waals surface area contributed by atoms with E-state index in [9.17, 15) is 4.79 Å². The van der Waals surface area contributed by atoms with E-state index in [1.54, 1.807) is 0 Å². The minimum atomic E-state index is 0.0186. The molecular formula is C13H17NO2S. The van der Waals surface area contributed by atoms with E-state index in [1.165, 1.54) is 6.92 Å². The lowest BCUT2D eigenvalue weighted by Crippen LogP contribution is -2.17. The summed E-state index contributed by atoms with van der Waals surface area (Å²) in [6.07, 6.45) is 2.16. The van der Waals surface area contributed by atoms with Crippen molar-refractivity contribution in [3.8, 4) is 0 Å². The highest BCUT2D eigenvalue weighted by atomic mass is 32.2. The van der Waals surface area contributed by atoms with Crippen molar-refractivity contribution < 1.29 is 9.53 Å². The van der Waals surface area contributed by atoms with Gasteiger partial charge in [0.1, 0.15) is 0 Å². The highest BCUT2D eigenvalue weighted by Gasteiger charge is 2.15. The van der Waals surface area contributed by atoms with Crippen LogP contribution in [0.1, 0.15) is 30.1 Å². The van der Waals surface area contributed by atoms with Crippen molar-refractivity contribution in [2.24, 2.45) is 0 Å². The van der Waals surface area contributed by atoms with Gasteiger partial charge in [-0.2, -0.15) is 0 Å². The number of Topliss-reactive ketones (excluding diaryl/α,β-unsaturated/α-hetero) is 1. The Morgan fingerprint density at radius 2 is 2.12 bits per heavy atom. The topological polar surface area (TPSA) is 52.3 Å². The van der Waals surface area contributed by atoms with Crippen LogP contribution in [-0.4, -0.2) is 24.2 Å². The third kappa shape index (κ3) is 3.23. The second-order valence-corrected chi connectivity index (χ2v) is 5.61. The number of thioether (sulfide) groups is 1. The second-order valence-electron chi connectivity index (χ2n) is 4.23. The Kier molecular flexibility index (Phi) is 4.07. The van der Waals surface area contributed by atoms with Crippen LogP contribution in [0.4, 0.5) is 5.69 Å². The molecule has 1 heterocycles. The van der Waals surface area contributed by atoms with Crippen molar-refractivity contribution in [3.63, 3.8) is 0 Å². The van der Waals surface area contributed by atoms with Gasteiger partial charge in [0, 0.05) is 34.6 Å². The third-order valence-corrected chi connectivity index (χ3v) is 4.20. The Morgan fingerprint density at radius 1 is 1.41 bits per heavy atom. The van der Waals surface area contributed by atoms with Crippen LogP contribution in [0.2, 0.25) is 0 Å². The number of carbonyl (C=O) groups is 1. The Labute approximate surface area is 106 Å². The first-order valence-electron chi connectivity index (χ1n) is 5.81. The van der Waals surface area contributed by atoms with Crippen molar-refractivity contribution in [2.45, 2.75) is 29.9 Å². The maximum Gasteiger partial charge on any atom is 0.161 e. The zero-order valence-corrected chi connectivity index (χ0v) is 10.8. The molecule has 17 heavy (non-hydrogen) atoms. The zero-order valence-electron chi connectivity index (χ0n) is 9.94. The largest absolute Gasteiger partial charge is 0.398 e. The Bertz CT molecular complexity index is 414. The van der Waals surface area contributed by atoms with Crippen LogP contribution in [0.15, 0.2) is 23.1 Å². The molecule has 0 unspecified atom stereocenters. The summed E-state index contributed by atoms with van der Waals surface area (Å²) in [5.41, 5.74) is 7.06. The van der Waals surface area contributed by atoms with Crippen LogP contribution in [0.5, 0.6) is 0 Å². The van der Waals surface area contributed by atoms with E-state index in [-0.39, 0.29) is 5.78 Å². The molecule has 1 aromatic carbocycles. The standard InChI is InChI=1S/C13H17NO2S/c1-9(15)12-3-2-11(8-13(12)14)17-10-4-6-16-7-5-10/h2-3,8,10H,4-7,14H2,1H3. The smallest absolute Gasteiger partial charge is 0.161 e. The Morgan fingerprint density at radius 3 is 2.71 bits per heavy atom. The average Bonchev–Trinajstić information content (AvgIpc) is 2.30. The Balaban J connectivity index is 2.06. The van der Waals surface area contributed by atoms with Gasteiger partial charge >= 0.3 is 0 Å². The first-order valence-corrected chi connectivity index (χ1v) is 6.69. The molecule has 1 aromatic rings. The van der Waals surface area contributed by atoms with E-state index in [0.717, 1.165) is 31.0 Å². The predicted octanol–water partition coefficient (Wildman–Crippen LogP) is 2.74. The summed E-state index contributed by atoms with van der Waals surface area (Å²) in [6, 6.07) is 5.70. The summed E-state index contributed by atoms with van der Waals surface area (Å²) in [5, 5.41) is 0.603. The molecule has 92 valence electrons. The molecule has 0 spiro atoms. The molecule has 3 nitrogen and oxygen atoms in total. The molecule has 4 heteroatoms. The second kappa shape index (κ2) is 5.56. The van der Waals surface area contributed by atoms with Crippen LogP contribution >= 0.6 is 11.8 Å². The van der Waals surface area contributed by atoms with Gasteiger partial charge in [-0.1, -0.05) is 0 Å². The lowest BCUT2D eigenvalue weighted by Gasteiger charge is -2.21. The molecule has 2 N–H and O–H groups in total. The Hall–Kier alpha value is -1.00. The first kappa shape index (κ1) is 12.5. The summed E-state index contributed by atoms with van der Waals surface area (Å²) in [5.74, 6) is 0.0186. The van der Waals surface area contributed by atoms with E-state index in [1.807, 2.05) is 30.0 Å². The monoisotopic (exact) mass is 251 g/mol. The van der Waals surface area contributed by atoms with Gasteiger partial charge in [-0.3, -0.25) is 4.79 Å². The lowest BCUT2D eigenvalue weighted by atomic mass is 10.1. The zero-order chi connectivity index (χ0) is 12.3. The molecule has 0 bridgehead atoms. The minimum absolute atomic E-state index is 0.0186. The lowest BCUT2D eigenvalue weighted by molar-refractivity contribution is 0.1000. The van der Waals surface area contributed by atoms with Gasteiger partial charge in [0.25, 0.3) is 0 Å². The van der Waals surface area contributed by atoms with Gasteiger partial charge in [-0.15, -0.1) is 11.8 Å². The number of hydrogen-bond donors (Lipinski definition) is 1. The predicted molar refractivity (Wildman–Crippen MR) is 70.6 cm³/mol. The fourth-order valence-electron chi connectivity index (χ4n) is 1.92. The van der Waals surface area contributed by atoms with Crippen LogP contribution in [0.3, 0.4) is 0 Å². The van der Waals surface area contributed by atoms with Gasteiger partial charge in [-0.25, -0.2) is 0 Å². The molecule has 0 aliphatic carbocycles. The number of ether oxygens (including phenoxy) is 1. The average molecular weight is 251 g/mol. The van der Waals surface area contributed by atoms with E-state index in [4.69, 9.17) is 10.5 Å². The summed E-state index contributed by atoms with van der Waals surface area (Å²) in [6.45, 7) is 3.23. The molecule has 0 aromatic heterocycles. The molecular weight excluding hydrogens is 234 g/mol. The SMILES string of the molecule is CC(=O)c1ccc(SC2CCOCC2)cc1N. The minimum Gasteiger partial charge on any atom is -0.398 e. The molecule has 1 fully saturated rings. The number of carbonyl (C=O) groups excluding carboxylic acids is 1. The summed E-state index contributed by atoms with van der Waals surface area (Å²) >= 11 is 1.83. The maximum atomic E-state index is 11.3.